The summed E-state index contributed by atoms with van der Waals surface area (Å²) in [7, 11) is 0. The molecular weight excluding hydrogens is 404 g/mol. The minimum absolute atomic E-state index is 0.0611. The second-order valence-corrected chi connectivity index (χ2v) is 9.61. The van der Waals surface area contributed by atoms with E-state index < -0.39 is 6.10 Å². The summed E-state index contributed by atoms with van der Waals surface area (Å²) < 4.78 is 10.4. The molecule has 0 saturated heterocycles. The van der Waals surface area contributed by atoms with Gasteiger partial charge in [0.15, 0.2) is 6.10 Å². The van der Waals surface area contributed by atoms with Gasteiger partial charge in [-0.2, -0.15) is 0 Å². The van der Waals surface area contributed by atoms with Crippen LogP contribution in [0.4, 0.5) is 0 Å². The Bertz CT molecular complexity index is 436. The van der Waals surface area contributed by atoms with Crippen molar-refractivity contribution in [3.63, 3.8) is 0 Å². The van der Waals surface area contributed by atoms with E-state index in [2.05, 4.69) is 20.8 Å². The quantitative estimate of drug-likeness (QED) is 0.131. The van der Waals surface area contributed by atoms with Crippen molar-refractivity contribution in [3.05, 3.63) is 0 Å². The first-order valence-electron chi connectivity index (χ1n) is 13.5. The minimum atomic E-state index is -0.758. The molecule has 1 N–H and O–H groups in total. The number of carbonyl (C=O) groups excluding carboxylic acids is 2. The molecule has 1 atom stereocenters. The lowest BCUT2D eigenvalue weighted by Gasteiger charge is -2.15. The van der Waals surface area contributed by atoms with Crippen molar-refractivity contribution in [1.29, 1.82) is 0 Å². The summed E-state index contributed by atoms with van der Waals surface area (Å²) in [6.07, 6.45) is 18.8. The topological polar surface area (TPSA) is 72.8 Å². The summed E-state index contributed by atoms with van der Waals surface area (Å²) >= 11 is 0. The molecule has 0 aromatic rings. The molecule has 0 spiro atoms. The molecule has 5 nitrogen and oxygen atoms in total. The lowest BCUT2D eigenvalue weighted by Crippen LogP contribution is -2.28. The normalized spacial score (nSPS) is 12.2. The lowest BCUT2D eigenvalue weighted by atomic mass is 10.0. The predicted molar refractivity (Wildman–Crippen MR) is 132 cm³/mol. The number of aliphatic hydroxyl groups excluding tert-OH is 1. The van der Waals surface area contributed by atoms with Crippen LogP contribution in [-0.2, 0) is 19.1 Å². The molecule has 0 fully saturated rings. The van der Waals surface area contributed by atoms with Gasteiger partial charge in [0.2, 0.25) is 0 Å². The fraction of sp³-hybridized carbons (Fsp3) is 0.926. The van der Waals surface area contributed by atoms with Crippen molar-refractivity contribution in [1.82, 2.24) is 0 Å². The molecule has 0 rings (SSSR count). The molecule has 0 heterocycles. The van der Waals surface area contributed by atoms with Gasteiger partial charge in [0.1, 0.15) is 6.61 Å². The van der Waals surface area contributed by atoms with Gasteiger partial charge in [-0.1, -0.05) is 111 Å². The molecular formula is C27H52O5. The van der Waals surface area contributed by atoms with Crippen molar-refractivity contribution in [3.8, 4) is 0 Å². The highest BCUT2D eigenvalue weighted by molar-refractivity contribution is 5.70. The Labute approximate surface area is 198 Å². The fourth-order valence-electron chi connectivity index (χ4n) is 3.74. The zero-order valence-electron chi connectivity index (χ0n) is 21.4. The Morgan fingerprint density at radius 1 is 0.688 bits per heavy atom. The Kier molecular flexibility index (Phi) is 22.3. The maximum absolute atomic E-state index is 12.0. The van der Waals surface area contributed by atoms with Gasteiger partial charge in [0.25, 0.3) is 0 Å². The average molecular weight is 457 g/mol. The van der Waals surface area contributed by atoms with Crippen LogP contribution in [0, 0.1) is 5.92 Å². The number of unbranched alkanes of at least 4 members (excludes halogenated alkanes) is 13. The van der Waals surface area contributed by atoms with Crippen molar-refractivity contribution >= 4 is 11.9 Å². The van der Waals surface area contributed by atoms with Crippen molar-refractivity contribution in [2.75, 3.05) is 13.2 Å². The first-order valence-corrected chi connectivity index (χ1v) is 13.5. The molecule has 0 aromatic carbocycles. The van der Waals surface area contributed by atoms with Crippen LogP contribution < -0.4 is 0 Å². The van der Waals surface area contributed by atoms with Crippen LogP contribution in [-0.4, -0.2) is 36.4 Å². The summed E-state index contributed by atoms with van der Waals surface area (Å²) in [6.45, 7) is 6.36. The van der Waals surface area contributed by atoms with Gasteiger partial charge in [-0.25, -0.2) is 0 Å². The molecule has 0 aliphatic carbocycles. The highest BCUT2D eigenvalue weighted by Crippen LogP contribution is 2.13. The molecule has 0 aromatic heterocycles. The third-order valence-corrected chi connectivity index (χ3v) is 5.83. The van der Waals surface area contributed by atoms with Gasteiger partial charge in [-0.3, -0.25) is 9.59 Å². The number of ether oxygens (including phenoxy) is 2. The average Bonchev–Trinajstić information content (AvgIpc) is 2.77. The Morgan fingerprint density at radius 2 is 1.16 bits per heavy atom. The van der Waals surface area contributed by atoms with Crippen LogP contribution in [0.5, 0.6) is 0 Å². The van der Waals surface area contributed by atoms with Crippen LogP contribution >= 0.6 is 0 Å². The Balaban J connectivity index is 3.62. The largest absolute Gasteiger partial charge is 0.462 e. The Morgan fingerprint density at radius 3 is 1.66 bits per heavy atom. The predicted octanol–water partition coefficient (Wildman–Crippen LogP) is 7.13. The lowest BCUT2D eigenvalue weighted by molar-refractivity contribution is -0.161. The van der Waals surface area contributed by atoms with E-state index in [1.165, 1.54) is 64.2 Å². The van der Waals surface area contributed by atoms with E-state index in [0.29, 0.717) is 12.8 Å². The second kappa shape index (κ2) is 23.1. The van der Waals surface area contributed by atoms with Gasteiger partial charge < -0.3 is 14.6 Å². The SMILES string of the molecule is CCCCCCCCCC(=O)OC[C@H](CO)OC(=O)CCCCCCCCCCC(C)C. The summed E-state index contributed by atoms with van der Waals surface area (Å²) in [5.74, 6) is 0.209. The first kappa shape index (κ1) is 30.9. The molecule has 32 heavy (non-hydrogen) atoms. The molecule has 0 bridgehead atoms. The number of hydrogen-bond donors (Lipinski definition) is 1. The van der Waals surface area contributed by atoms with Gasteiger partial charge in [-0.05, 0) is 18.8 Å². The third-order valence-electron chi connectivity index (χ3n) is 5.83. The van der Waals surface area contributed by atoms with Crippen molar-refractivity contribution in [2.24, 2.45) is 5.92 Å². The summed E-state index contributed by atoms with van der Waals surface area (Å²) in [5, 5.41) is 9.40. The van der Waals surface area contributed by atoms with E-state index in [9.17, 15) is 14.7 Å². The van der Waals surface area contributed by atoms with E-state index >= 15 is 0 Å². The molecule has 5 heteroatoms. The summed E-state index contributed by atoms with van der Waals surface area (Å²) in [5.41, 5.74) is 0. The van der Waals surface area contributed by atoms with E-state index in [-0.39, 0.29) is 25.2 Å². The maximum atomic E-state index is 12.0. The fourth-order valence-corrected chi connectivity index (χ4v) is 3.74. The molecule has 0 radical (unpaired) electrons. The number of carbonyl (C=O) groups is 2. The number of esters is 2. The number of rotatable bonds is 23. The molecule has 0 saturated carbocycles. The Hall–Kier alpha value is -1.10. The van der Waals surface area contributed by atoms with Gasteiger partial charge >= 0.3 is 11.9 Å². The molecule has 0 unspecified atom stereocenters. The molecule has 0 aliphatic heterocycles. The monoisotopic (exact) mass is 456 g/mol. The smallest absolute Gasteiger partial charge is 0.306 e. The standard InChI is InChI=1S/C27H52O5/c1-4-5-6-7-10-14-17-20-26(29)31-23-25(22-28)32-27(30)21-18-15-12-9-8-11-13-16-19-24(2)3/h24-25,28H,4-23H2,1-3H3/t25-/m0/s1. The maximum Gasteiger partial charge on any atom is 0.306 e. The zero-order chi connectivity index (χ0) is 23.9. The third kappa shape index (κ3) is 22.1. The van der Waals surface area contributed by atoms with Crippen molar-refractivity contribution < 1.29 is 24.2 Å². The molecule has 0 amide bonds. The van der Waals surface area contributed by atoms with E-state index in [4.69, 9.17) is 9.47 Å². The van der Waals surface area contributed by atoms with Gasteiger partial charge in [0, 0.05) is 12.8 Å². The van der Waals surface area contributed by atoms with Crippen LogP contribution in [0.3, 0.4) is 0 Å². The minimum Gasteiger partial charge on any atom is -0.462 e. The van der Waals surface area contributed by atoms with E-state index in [0.717, 1.165) is 44.4 Å². The summed E-state index contributed by atoms with van der Waals surface area (Å²) in [4.78, 5) is 23.8. The van der Waals surface area contributed by atoms with E-state index in [1.54, 1.807) is 0 Å². The van der Waals surface area contributed by atoms with Crippen molar-refractivity contribution in [2.45, 2.75) is 142 Å². The van der Waals surface area contributed by atoms with Gasteiger partial charge in [-0.15, -0.1) is 0 Å². The van der Waals surface area contributed by atoms with E-state index in [1.807, 2.05) is 0 Å². The van der Waals surface area contributed by atoms with Gasteiger partial charge in [0.05, 0.1) is 6.61 Å². The van der Waals surface area contributed by atoms with Crippen LogP contribution in [0.15, 0.2) is 0 Å². The van der Waals surface area contributed by atoms with Crippen LogP contribution in [0.25, 0.3) is 0 Å². The zero-order valence-corrected chi connectivity index (χ0v) is 21.4. The summed E-state index contributed by atoms with van der Waals surface area (Å²) in [6, 6.07) is 0. The molecule has 190 valence electrons. The highest BCUT2D eigenvalue weighted by atomic mass is 16.6. The highest BCUT2D eigenvalue weighted by Gasteiger charge is 2.16. The number of hydrogen-bond acceptors (Lipinski definition) is 5. The van der Waals surface area contributed by atoms with Crippen LogP contribution in [0.2, 0.25) is 0 Å². The number of aliphatic hydroxyl groups is 1. The second-order valence-electron chi connectivity index (χ2n) is 9.61. The molecule has 0 aliphatic rings. The van der Waals surface area contributed by atoms with Crippen LogP contribution in [0.1, 0.15) is 136 Å². The first-order chi connectivity index (χ1) is 15.5.